The highest BCUT2D eigenvalue weighted by Crippen LogP contribution is 2.13. The van der Waals surface area contributed by atoms with Crippen LogP contribution in [-0.2, 0) is 13.5 Å². The summed E-state index contributed by atoms with van der Waals surface area (Å²) in [6, 6.07) is 0. The number of aryl methyl sites for hydroxylation is 2. The Morgan fingerprint density at radius 1 is 1.62 bits per heavy atom. The maximum absolute atomic E-state index is 4.36. The summed E-state index contributed by atoms with van der Waals surface area (Å²) in [5.74, 6) is 1.14. The molecule has 1 aromatic rings. The van der Waals surface area contributed by atoms with Gasteiger partial charge in [0.25, 0.3) is 0 Å². The van der Waals surface area contributed by atoms with Gasteiger partial charge in [-0.15, -0.1) is 0 Å². The first-order chi connectivity index (χ1) is 6.27. The molecule has 0 radical (unpaired) electrons. The van der Waals surface area contributed by atoms with Gasteiger partial charge < -0.3 is 5.32 Å². The minimum absolute atomic E-state index is 0.989. The first kappa shape index (κ1) is 10.4. The van der Waals surface area contributed by atoms with Crippen molar-refractivity contribution in [1.82, 2.24) is 9.78 Å². The van der Waals surface area contributed by atoms with E-state index >= 15 is 0 Å². The molecule has 0 saturated heterocycles. The van der Waals surface area contributed by atoms with Crippen LogP contribution in [0, 0.1) is 0 Å². The molecule has 74 valence electrons. The van der Waals surface area contributed by atoms with Crippen LogP contribution in [0.15, 0.2) is 6.20 Å². The molecule has 1 N–H and O–H groups in total. The lowest BCUT2D eigenvalue weighted by atomic mass is 10.3. The van der Waals surface area contributed by atoms with E-state index in [-0.39, 0.29) is 0 Å². The lowest BCUT2D eigenvalue weighted by molar-refractivity contribution is 0.746. The predicted octanol–water partition coefficient (Wildman–Crippen LogP) is 1.76. The number of anilines is 1. The van der Waals surface area contributed by atoms with Crippen molar-refractivity contribution in [3.63, 3.8) is 0 Å². The van der Waals surface area contributed by atoms with E-state index in [1.807, 2.05) is 29.7 Å². The minimum atomic E-state index is 0.989. The quantitative estimate of drug-likeness (QED) is 0.733. The number of aromatic nitrogens is 2. The van der Waals surface area contributed by atoms with E-state index in [0.29, 0.717) is 0 Å². The van der Waals surface area contributed by atoms with Crippen LogP contribution in [0.5, 0.6) is 0 Å². The fraction of sp³-hybridized carbons (Fsp3) is 0.667. The molecule has 4 heteroatoms. The number of thioether (sulfide) groups is 1. The van der Waals surface area contributed by atoms with E-state index in [0.717, 1.165) is 24.4 Å². The highest BCUT2D eigenvalue weighted by atomic mass is 32.2. The molecule has 1 aromatic heterocycles. The smallest absolute Gasteiger partial charge is 0.0853 e. The molecule has 0 saturated carbocycles. The van der Waals surface area contributed by atoms with Gasteiger partial charge in [0, 0.05) is 25.5 Å². The third-order valence-corrected chi connectivity index (χ3v) is 2.47. The number of nitrogens with one attached hydrogen (secondary N) is 1. The highest BCUT2D eigenvalue weighted by Gasteiger charge is 2.03. The first-order valence-electron chi connectivity index (χ1n) is 4.53. The molecular formula is C9H17N3S. The van der Waals surface area contributed by atoms with Crippen molar-refractivity contribution in [2.45, 2.75) is 13.3 Å². The van der Waals surface area contributed by atoms with Gasteiger partial charge in [-0.2, -0.15) is 16.9 Å². The highest BCUT2D eigenvalue weighted by molar-refractivity contribution is 7.98. The Balaban J connectivity index is 2.53. The Labute approximate surface area is 83.9 Å². The molecule has 0 fully saturated rings. The van der Waals surface area contributed by atoms with Crippen molar-refractivity contribution < 1.29 is 0 Å². The maximum Gasteiger partial charge on any atom is 0.0853 e. The molecule has 0 amide bonds. The lowest BCUT2D eigenvalue weighted by Gasteiger charge is -2.02. The van der Waals surface area contributed by atoms with Gasteiger partial charge in [0.05, 0.1) is 11.4 Å². The monoisotopic (exact) mass is 199 g/mol. The molecule has 0 aliphatic carbocycles. The molecular weight excluding hydrogens is 182 g/mol. The lowest BCUT2D eigenvalue weighted by Crippen LogP contribution is -2.04. The number of rotatable bonds is 5. The molecule has 0 aromatic carbocycles. The number of hydrogen-bond acceptors (Lipinski definition) is 3. The van der Waals surface area contributed by atoms with Crippen molar-refractivity contribution in [3.05, 3.63) is 11.9 Å². The average Bonchev–Trinajstić information content (AvgIpc) is 2.47. The Morgan fingerprint density at radius 2 is 2.38 bits per heavy atom. The molecule has 3 nitrogen and oxygen atoms in total. The van der Waals surface area contributed by atoms with E-state index in [4.69, 9.17) is 0 Å². The molecule has 0 atom stereocenters. The topological polar surface area (TPSA) is 29.9 Å². The van der Waals surface area contributed by atoms with E-state index in [1.165, 1.54) is 5.69 Å². The normalized spacial score (nSPS) is 10.4. The second-order valence-corrected chi connectivity index (χ2v) is 3.92. The van der Waals surface area contributed by atoms with Crippen LogP contribution in [0.25, 0.3) is 0 Å². The van der Waals surface area contributed by atoms with Crippen molar-refractivity contribution in [2.24, 2.45) is 7.05 Å². The molecule has 0 unspecified atom stereocenters. The summed E-state index contributed by atoms with van der Waals surface area (Å²) >= 11 is 1.85. The van der Waals surface area contributed by atoms with Crippen LogP contribution >= 0.6 is 11.8 Å². The van der Waals surface area contributed by atoms with Crippen LogP contribution in [-0.4, -0.2) is 28.3 Å². The van der Waals surface area contributed by atoms with E-state index in [2.05, 4.69) is 23.6 Å². The zero-order chi connectivity index (χ0) is 9.68. The van der Waals surface area contributed by atoms with Gasteiger partial charge in [0.2, 0.25) is 0 Å². The van der Waals surface area contributed by atoms with Gasteiger partial charge in [-0.1, -0.05) is 6.92 Å². The maximum atomic E-state index is 4.36. The van der Waals surface area contributed by atoms with E-state index in [1.54, 1.807) is 0 Å². The van der Waals surface area contributed by atoms with Gasteiger partial charge in [0.1, 0.15) is 0 Å². The Kier molecular flexibility index (Phi) is 4.15. The zero-order valence-electron chi connectivity index (χ0n) is 8.50. The SMILES string of the molecule is CCc1nn(C)cc1NCCSC. The Hall–Kier alpha value is -0.640. The van der Waals surface area contributed by atoms with Gasteiger partial charge in [-0.25, -0.2) is 0 Å². The zero-order valence-corrected chi connectivity index (χ0v) is 9.32. The summed E-state index contributed by atoms with van der Waals surface area (Å²) in [7, 11) is 1.96. The van der Waals surface area contributed by atoms with Crippen molar-refractivity contribution in [3.8, 4) is 0 Å². The largest absolute Gasteiger partial charge is 0.381 e. The molecule has 0 aliphatic rings. The third-order valence-electron chi connectivity index (χ3n) is 1.86. The summed E-state index contributed by atoms with van der Waals surface area (Å²) in [5, 5.41) is 7.74. The second kappa shape index (κ2) is 5.17. The molecule has 1 heterocycles. The van der Waals surface area contributed by atoms with E-state index < -0.39 is 0 Å². The molecule has 0 spiro atoms. The Morgan fingerprint density at radius 3 is 3.00 bits per heavy atom. The average molecular weight is 199 g/mol. The molecule has 1 rings (SSSR count). The number of hydrogen-bond donors (Lipinski definition) is 1. The van der Waals surface area contributed by atoms with Gasteiger partial charge in [0.15, 0.2) is 0 Å². The van der Waals surface area contributed by atoms with Gasteiger partial charge >= 0.3 is 0 Å². The fourth-order valence-electron chi connectivity index (χ4n) is 1.23. The molecule has 0 aliphatic heterocycles. The van der Waals surface area contributed by atoms with Crippen molar-refractivity contribution in [1.29, 1.82) is 0 Å². The van der Waals surface area contributed by atoms with Crippen LogP contribution in [0.3, 0.4) is 0 Å². The molecule has 13 heavy (non-hydrogen) atoms. The van der Waals surface area contributed by atoms with Gasteiger partial charge in [-0.05, 0) is 12.7 Å². The van der Waals surface area contributed by atoms with Crippen LogP contribution in [0.2, 0.25) is 0 Å². The Bertz CT molecular complexity index is 257. The van der Waals surface area contributed by atoms with Crippen LogP contribution < -0.4 is 5.32 Å². The third kappa shape index (κ3) is 2.95. The summed E-state index contributed by atoms with van der Waals surface area (Å²) in [6.45, 7) is 3.14. The number of nitrogens with zero attached hydrogens (tertiary/aromatic N) is 2. The summed E-state index contributed by atoms with van der Waals surface area (Å²) in [6.07, 6.45) is 5.15. The summed E-state index contributed by atoms with van der Waals surface area (Å²) in [5.41, 5.74) is 2.34. The van der Waals surface area contributed by atoms with E-state index in [9.17, 15) is 0 Å². The van der Waals surface area contributed by atoms with Crippen molar-refractivity contribution in [2.75, 3.05) is 23.9 Å². The van der Waals surface area contributed by atoms with Crippen LogP contribution in [0.1, 0.15) is 12.6 Å². The molecule has 0 bridgehead atoms. The standard InChI is InChI=1S/C9H17N3S/c1-4-8-9(7-12(2)11-8)10-5-6-13-3/h7,10H,4-6H2,1-3H3. The van der Waals surface area contributed by atoms with Gasteiger partial charge in [-0.3, -0.25) is 4.68 Å². The summed E-state index contributed by atoms with van der Waals surface area (Å²) in [4.78, 5) is 0. The first-order valence-corrected chi connectivity index (χ1v) is 5.92. The second-order valence-electron chi connectivity index (χ2n) is 2.94. The minimum Gasteiger partial charge on any atom is -0.381 e. The summed E-state index contributed by atoms with van der Waals surface area (Å²) < 4.78 is 1.86. The predicted molar refractivity (Wildman–Crippen MR) is 59.5 cm³/mol. The fourth-order valence-corrected chi connectivity index (χ4v) is 1.54. The van der Waals surface area contributed by atoms with Crippen LogP contribution in [0.4, 0.5) is 5.69 Å². The van der Waals surface area contributed by atoms with Crippen molar-refractivity contribution >= 4 is 17.4 Å².